The van der Waals surface area contributed by atoms with Gasteiger partial charge in [0.2, 0.25) is 10.0 Å². The Morgan fingerprint density at radius 1 is 1.30 bits per heavy atom. The predicted molar refractivity (Wildman–Crippen MR) is 83.8 cm³/mol. The Morgan fingerprint density at radius 2 is 2.09 bits per heavy atom. The molecule has 0 atom stereocenters. The summed E-state index contributed by atoms with van der Waals surface area (Å²) < 4.78 is 32.1. The van der Waals surface area contributed by atoms with Gasteiger partial charge in [0.1, 0.15) is 4.90 Å². The minimum absolute atomic E-state index is 0.187. The van der Waals surface area contributed by atoms with Gasteiger partial charge in [0, 0.05) is 6.54 Å². The summed E-state index contributed by atoms with van der Waals surface area (Å²) in [6.45, 7) is 3.54. The average molecular weight is 336 g/mol. The van der Waals surface area contributed by atoms with Crippen molar-refractivity contribution >= 4 is 21.1 Å². The van der Waals surface area contributed by atoms with E-state index in [-0.39, 0.29) is 11.4 Å². The van der Waals surface area contributed by atoms with Gasteiger partial charge in [-0.1, -0.05) is 6.07 Å². The third kappa shape index (κ3) is 3.06. The molecule has 23 heavy (non-hydrogen) atoms. The fourth-order valence-electron chi connectivity index (χ4n) is 2.49. The highest BCUT2D eigenvalue weighted by Crippen LogP contribution is 2.16. The molecule has 0 amide bonds. The monoisotopic (exact) mass is 336 g/mol. The van der Waals surface area contributed by atoms with Gasteiger partial charge in [-0.2, -0.15) is 5.10 Å². The number of hydrogen-bond acceptors (Lipinski definition) is 5. The molecule has 0 bridgehead atoms. The van der Waals surface area contributed by atoms with Gasteiger partial charge in [-0.05, 0) is 38.0 Å². The summed E-state index contributed by atoms with van der Waals surface area (Å²) in [4.78, 5) is 13.9. The second kappa shape index (κ2) is 5.67. The predicted octanol–water partition coefficient (Wildman–Crippen LogP) is 0.982. The zero-order valence-corrected chi connectivity index (χ0v) is 13.5. The van der Waals surface area contributed by atoms with Crippen LogP contribution in [-0.4, -0.2) is 30.1 Å². The van der Waals surface area contributed by atoms with Crippen molar-refractivity contribution in [1.29, 1.82) is 0 Å². The van der Waals surface area contributed by atoms with Gasteiger partial charge in [-0.25, -0.2) is 17.9 Å². The van der Waals surface area contributed by atoms with Crippen LogP contribution in [0.25, 0.3) is 11.1 Å². The maximum atomic E-state index is 12.3. The topological polar surface area (TPSA) is 121 Å². The van der Waals surface area contributed by atoms with E-state index in [1.165, 1.54) is 0 Å². The van der Waals surface area contributed by atoms with Crippen LogP contribution >= 0.6 is 0 Å². The summed E-state index contributed by atoms with van der Waals surface area (Å²) >= 11 is 0. The maximum absolute atomic E-state index is 12.3. The van der Waals surface area contributed by atoms with Gasteiger partial charge in [0.15, 0.2) is 5.58 Å². The highest BCUT2D eigenvalue weighted by Gasteiger charge is 2.21. The number of fused-ring (bicyclic) bond motifs is 1. The summed E-state index contributed by atoms with van der Waals surface area (Å²) in [5, 5.41) is 6.56. The molecule has 0 unspecified atom stereocenters. The van der Waals surface area contributed by atoms with E-state index in [1.807, 2.05) is 0 Å². The van der Waals surface area contributed by atoms with Crippen LogP contribution in [0.15, 0.2) is 32.3 Å². The van der Waals surface area contributed by atoms with E-state index in [1.54, 1.807) is 32.0 Å². The van der Waals surface area contributed by atoms with Gasteiger partial charge in [0.25, 0.3) is 0 Å². The smallest absolute Gasteiger partial charge is 0.408 e. The van der Waals surface area contributed by atoms with Gasteiger partial charge < -0.3 is 4.42 Å². The highest BCUT2D eigenvalue weighted by molar-refractivity contribution is 7.89. The van der Waals surface area contributed by atoms with E-state index in [0.29, 0.717) is 28.9 Å². The number of aryl methyl sites for hydroxylation is 2. The number of nitrogens with zero attached hydrogens (tertiary/aromatic N) is 1. The van der Waals surface area contributed by atoms with Crippen LogP contribution in [-0.2, 0) is 16.4 Å². The van der Waals surface area contributed by atoms with Crippen LogP contribution in [0.2, 0.25) is 0 Å². The number of nitrogens with one attached hydrogen (secondary N) is 3. The van der Waals surface area contributed by atoms with E-state index in [9.17, 15) is 13.2 Å². The van der Waals surface area contributed by atoms with Crippen LogP contribution in [0.4, 0.5) is 0 Å². The Kier molecular flexibility index (Phi) is 3.82. The zero-order valence-electron chi connectivity index (χ0n) is 12.6. The van der Waals surface area contributed by atoms with Crippen molar-refractivity contribution in [3.8, 4) is 0 Å². The molecule has 0 fully saturated rings. The largest absolute Gasteiger partial charge is 0.417 e. The molecule has 1 aromatic carbocycles. The van der Waals surface area contributed by atoms with Crippen molar-refractivity contribution < 1.29 is 12.8 Å². The number of sulfonamides is 1. The molecule has 0 radical (unpaired) electrons. The number of benzene rings is 1. The first-order valence-electron chi connectivity index (χ1n) is 7.00. The number of aromatic nitrogens is 3. The fourth-order valence-corrected chi connectivity index (χ4v) is 3.89. The third-order valence-electron chi connectivity index (χ3n) is 3.52. The first kappa shape index (κ1) is 15.5. The van der Waals surface area contributed by atoms with Gasteiger partial charge >= 0.3 is 5.76 Å². The molecule has 2 heterocycles. The Bertz CT molecular complexity index is 993. The molecule has 0 saturated carbocycles. The van der Waals surface area contributed by atoms with E-state index in [4.69, 9.17) is 4.42 Å². The fraction of sp³-hybridized carbons (Fsp3) is 0.286. The van der Waals surface area contributed by atoms with E-state index in [2.05, 4.69) is 19.9 Å². The molecule has 0 aliphatic rings. The van der Waals surface area contributed by atoms with Crippen LogP contribution in [0, 0.1) is 13.8 Å². The lowest BCUT2D eigenvalue weighted by Crippen LogP contribution is -2.26. The van der Waals surface area contributed by atoms with E-state index < -0.39 is 15.8 Å². The first-order valence-corrected chi connectivity index (χ1v) is 8.48. The first-order chi connectivity index (χ1) is 10.9. The minimum atomic E-state index is -3.61. The standard InChI is InChI=1S/C14H16N4O4S/c1-8-13(9(2)18-17-8)23(20,21)15-6-5-10-3-4-12-11(7-10)16-14(19)22-12/h3-4,7,15H,5-6H2,1-2H3,(H,16,19)(H,17,18). The molecule has 0 aliphatic heterocycles. The Balaban J connectivity index is 1.71. The van der Waals surface area contributed by atoms with Crippen LogP contribution in [0.1, 0.15) is 17.0 Å². The minimum Gasteiger partial charge on any atom is -0.408 e. The number of H-pyrrole nitrogens is 2. The number of rotatable bonds is 5. The molecule has 9 heteroatoms. The molecule has 0 spiro atoms. The normalized spacial score (nSPS) is 12.1. The zero-order chi connectivity index (χ0) is 16.6. The van der Waals surface area contributed by atoms with Crippen LogP contribution in [0.5, 0.6) is 0 Å². The van der Waals surface area contributed by atoms with E-state index in [0.717, 1.165) is 5.56 Å². The summed E-state index contributed by atoms with van der Waals surface area (Å²) in [5.41, 5.74) is 2.90. The number of aromatic amines is 2. The SMILES string of the molecule is Cc1n[nH]c(C)c1S(=O)(=O)NCCc1ccc2oc(=O)[nH]c2c1. The Morgan fingerprint density at radius 3 is 2.78 bits per heavy atom. The molecule has 3 rings (SSSR count). The third-order valence-corrected chi connectivity index (χ3v) is 5.24. The van der Waals surface area contributed by atoms with Gasteiger partial charge in [0.05, 0.1) is 16.9 Å². The average Bonchev–Trinajstić information content (AvgIpc) is 3.00. The molecule has 122 valence electrons. The van der Waals surface area contributed by atoms with Gasteiger partial charge in [-0.3, -0.25) is 10.1 Å². The molecule has 0 saturated heterocycles. The summed E-state index contributed by atoms with van der Waals surface area (Å²) in [5.74, 6) is -0.510. The van der Waals surface area contributed by atoms with Crippen molar-refractivity contribution in [2.75, 3.05) is 6.54 Å². The lowest BCUT2D eigenvalue weighted by atomic mass is 10.1. The summed E-state index contributed by atoms with van der Waals surface area (Å²) in [6, 6.07) is 5.24. The van der Waals surface area contributed by atoms with Crippen LogP contribution in [0.3, 0.4) is 0 Å². The lowest BCUT2D eigenvalue weighted by Gasteiger charge is -2.07. The summed E-state index contributed by atoms with van der Waals surface area (Å²) in [6.07, 6.45) is 0.484. The maximum Gasteiger partial charge on any atom is 0.417 e. The molecular formula is C14H16N4O4S. The number of hydrogen-bond donors (Lipinski definition) is 3. The van der Waals surface area contributed by atoms with Crippen LogP contribution < -0.4 is 10.5 Å². The second-order valence-electron chi connectivity index (χ2n) is 5.26. The quantitative estimate of drug-likeness (QED) is 0.641. The molecule has 2 aromatic heterocycles. The molecule has 0 aliphatic carbocycles. The van der Waals surface area contributed by atoms with Crippen molar-refractivity contribution in [1.82, 2.24) is 19.9 Å². The Labute approximate surface area is 132 Å². The lowest BCUT2D eigenvalue weighted by molar-refractivity contribution is 0.555. The van der Waals surface area contributed by atoms with Crippen molar-refractivity contribution in [3.05, 3.63) is 45.7 Å². The molecule has 3 N–H and O–H groups in total. The van der Waals surface area contributed by atoms with E-state index >= 15 is 0 Å². The second-order valence-corrected chi connectivity index (χ2v) is 6.96. The van der Waals surface area contributed by atoms with Gasteiger partial charge in [-0.15, -0.1) is 0 Å². The Hall–Kier alpha value is -2.39. The van der Waals surface area contributed by atoms with Crippen molar-refractivity contribution in [3.63, 3.8) is 0 Å². The number of oxazole rings is 1. The van der Waals surface area contributed by atoms with Crippen molar-refractivity contribution in [2.24, 2.45) is 0 Å². The van der Waals surface area contributed by atoms with Crippen molar-refractivity contribution in [2.45, 2.75) is 25.2 Å². The summed E-state index contributed by atoms with van der Waals surface area (Å²) in [7, 11) is -3.61. The molecule has 8 nitrogen and oxygen atoms in total. The highest BCUT2D eigenvalue weighted by atomic mass is 32.2. The molecular weight excluding hydrogens is 320 g/mol. The molecule has 3 aromatic rings.